The van der Waals surface area contributed by atoms with E-state index < -0.39 is 0 Å². The van der Waals surface area contributed by atoms with Gasteiger partial charge in [0.2, 0.25) is 5.91 Å². The Morgan fingerprint density at radius 3 is 2.82 bits per heavy atom. The van der Waals surface area contributed by atoms with Crippen LogP contribution in [0.5, 0.6) is 0 Å². The van der Waals surface area contributed by atoms with E-state index in [-0.39, 0.29) is 11.2 Å². The Kier molecular flexibility index (Phi) is 4.91. The van der Waals surface area contributed by atoms with Crippen LogP contribution in [0.25, 0.3) is 0 Å². The number of nitrogens with one attached hydrogen (secondary N) is 1. The van der Waals surface area contributed by atoms with Gasteiger partial charge in [0.1, 0.15) is 0 Å². The van der Waals surface area contributed by atoms with Crippen LogP contribution in [0.2, 0.25) is 10.0 Å². The maximum Gasteiger partial charge on any atom is 0.238 e. The number of carbonyl (C=O) groups is 1. The zero-order valence-electron chi connectivity index (χ0n) is 8.91. The summed E-state index contributed by atoms with van der Waals surface area (Å²) in [5, 5.41) is 3.89. The molecule has 0 spiro atoms. The summed E-state index contributed by atoms with van der Waals surface area (Å²) in [6.45, 7) is 0. The van der Waals surface area contributed by atoms with Gasteiger partial charge in [0.25, 0.3) is 0 Å². The molecule has 1 fully saturated rings. The molecule has 17 heavy (non-hydrogen) atoms. The number of anilines is 1. The minimum atomic E-state index is 0.0143. The fourth-order valence-electron chi connectivity index (χ4n) is 1.44. The smallest absolute Gasteiger partial charge is 0.238 e. The first-order chi connectivity index (χ1) is 8.16. The number of hydrogen-bond donors (Lipinski definition) is 1. The molecular formula is C11H11Cl2NOS2. The standard InChI is InChI=1S/C11H11Cl2NOS2/c12-7-1-2-9(8(13)5-7)14-11(15)10-6-16-3-4-17-10/h1-2,5,10H,3-4,6H2,(H,14,15). The number of carbonyl (C=O) groups excluding carboxylic acids is 1. The minimum Gasteiger partial charge on any atom is -0.324 e. The molecule has 1 aliphatic heterocycles. The van der Waals surface area contributed by atoms with Crippen molar-refractivity contribution in [3.8, 4) is 0 Å². The van der Waals surface area contributed by atoms with Crippen molar-refractivity contribution in [3.63, 3.8) is 0 Å². The Bertz CT molecular complexity index is 422. The highest BCUT2D eigenvalue weighted by Crippen LogP contribution is 2.28. The van der Waals surface area contributed by atoms with Crippen LogP contribution in [0.1, 0.15) is 0 Å². The van der Waals surface area contributed by atoms with E-state index in [1.165, 1.54) is 0 Å². The third-order valence-corrected chi connectivity index (χ3v) is 5.60. The summed E-state index contributed by atoms with van der Waals surface area (Å²) in [5.74, 6) is 3.03. The van der Waals surface area contributed by atoms with E-state index in [9.17, 15) is 4.79 Å². The number of hydrogen-bond acceptors (Lipinski definition) is 3. The SMILES string of the molecule is O=C(Nc1ccc(Cl)cc1Cl)C1CSCCS1. The van der Waals surface area contributed by atoms with E-state index >= 15 is 0 Å². The lowest BCUT2D eigenvalue weighted by molar-refractivity contribution is -0.115. The summed E-state index contributed by atoms with van der Waals surface area (Å²) >= 11 is 15.3. The number of benzene rings is 1. The Balaban J connectivity index is 2.02. The molecule has 1 N–H and O–H groups in total. The van der Waals surface area contributed by atoms with Crippen LogP contribution < -0.4 is 5.32 Å². The van der Waals surface area contributed by atoms with Crippen LogP contribution in [0, 0.1) is 0 Å². The number of amides is 1. The van der Waals surface area contributed by atoms with Gasteiger partial charge >= 0.3 is 0 Å². The first-order valence-electron chi connectivity index (χ1n) is 5.12. The third-order valence-electron chi connectivity index (χ3n) is 2.30. The number of halogens is 2. The van der Waals surface area contributed by atoms with Gasteiger partial charge in [0, 0.05) is 22.3 Å². The highest BCUT2D eigenvalue weighted by atomic mass is 35.5. The molecule has 1 heterocycles. The normalized spacial score (nSPS) is 20.0. The molecule has 1 saturated heterocycles. The van der Waals surface area contributed by atoms with Gasteiger partial charge < -0.3 is 5.32 Å². The topological polar surface area (TPSA) is 29.1 Å². The van der Waals surface area contributed by atoms with Crippen LogP contribution >= 0.6 is 46.7 Å². The van der Waals surface area contributed by atoms with Gasteiger partial charge in [-0.15, -0.1) is 11.8 Å². The molecule has 1 aromatic rings. The van der Waals surface area contributed by atoms with Gasteiger partial charge in [-0.2, -0.15) is 11.8 Å². The van der Waals surface area contributed by atoms with Gasteiger partial charge in [0.15, 0.2) is 0 Å². The monoisotopic (exact) mass is 307 g/mol. The van der Waals surface area contributed by atoms with Crippen molar-refractivity contribution in [2.75, 3.05) is 22.6 Å². The number of rotatable bonds is 2. The van der Waals surface area contributed by atoms with Crippen molar-refractivity contribution < 1.29 is 4.79 Å². The summed E-state index contributed by atoms with van der Waals surface area (Å²) in [5.41, 5.74) is 0.622. The molecule has 92 valence electrons. The lowest BCUT2D eigenvalue weighted by atomic mass is 10.3. The van der Waals surface area contributed by atoms with Crippen molar-refractivity contribution in [2.45, 2.75) is 5.25 Å². The molecule has 0 aliphatic carbocycles. The Hall–Kier alpha value is -0.0300. The van der Waals surface area contributed by atoms with Crippen molar-refractivity contribution >= 4 is 58.3 Å². The zero-order chi connectivity index (χ0) is 12.3. The van der Waals surface area contributed by atoms with Crippen LogP contribution in [-0.2, 0) is 4.79 Å². The summed E-state index contributed by atoms with van der Waals surface area (Å²) in [4.78, 5) is 12.0. The fraction of sp³-hybridized carbons (Fsp3) is 0.364. The molecule has 0 radical (unpaired) electrons. The summed E-state index contributed by atoms with van der Waals surface area (Å²) in [7, 11) is 0. The largest absolute Gasteiger partial charge is 0.324 e. The molecule has 2 nitrogen and oxygen atoms in total. The maximum atomic E-state index is 12.0. The summed E-state index contributed by atoms with van der Waals surface area (Å²) in [6.07, 6.45) is 0. The molecule has 1 aliphatic rings. The van der Waals surface area contributed by atoms with Gasteiger partial charge in [0.05, 0.1) is 16.0 Å². The zero-order valence-corrected chi connectivity index (χ0v) is 12.1. The highest BCUT2D eigenvalue weighted by molar-refractivity contribution is 8.07. The predicted molar refractivity (Wildman–Crippen MR) is 78.7 cm³/mol. The van der Waals surface area contributed by atoms with E-state index in [1.807, 2.05) is 11.8 Å². The molecular weight excluding hydrogens is 297 g/mol. The molecule has 0 bridgehead atoms. The molecule has 1 amide bonds. The highest BCUT2D eigenvalue weighted by Gasteiger charge is 2.22. The van der Waals surface area contributed by atoms with Crippen LogP contribution in [0.15, 0.2) is 18.2 Å². The van der Waals surface area contributed by atoms with Crippen molar-refractivity contribution in [3.05, 3.63) is 28.2 Å². The second-order valence-electron chi connectivity index (χ2n) is 3.55. The fourth-order valence-corrected chi connectivity index (χ4v) is 4.46. The predicted octanol–water partition coefficient (Wildman–Crippen LogP) is 3.78. The lowest BCUT2D eigenvalue weighted by Gasteiger charge is -2.20. The Morgan fingerprint density at radius 1 is 1.35 bits per heavy atom. The van der Waals surface area contributed by atoms with E-state index in [4.69, 9.17) is 23.2 Å². The second kappa shape index (κ2) is 6.23. The van der Waals surface area contributed by atoms with Crippen molar-refractivity contribution in [2.24, 2.45) is 0 Å². The summed E-state index contributed by atoms with van der Waals surface area (Å²) < 4.78 is 0. The lowest BCUT2D eigenvalue weighted by Crippen LogP contribution is -2.30. The van der Waals surface area contributed by atoms with Crippen LogP contribution in [0.4, 0.5) is 5.69 Å². The van der Waals surface area contributed by atoms with E-state index in [1.54, 1.807) is 30.0 Å². The van der Waals surface area contributed by atoms with E-state index in [0.29, 0.717) is 15.7 Å². The van der Waals surface area contributed by atoms with Gasteiger partial charge in [-0.25, -0.2) is 0 Å². The molecule has 6 heteroatoms. The first kappa shape index (κ1) is 13.4. The van der Waals surface area contributed by atoms with Crippen LogP contribution in [-0.4, -0.2) is 28.4 Å². The van der Waals surface area contributed by atoms with Crippen molar-refractivity contribution in [1.29, 1.82) is 0 Å². The molecule has 1 aromatic carbocycles. The minimum absolute atomic E-state index is 0.0143. The maximum absolute atomic E-state index is 12.0. The third kappa shape index (κ3) is 3.71. The Morgan fingerprint density at radius 2 is 2.18 bits per heavy atom. The van der Waals surface area contributed by atoms with Gasteiger partial charge in [-0.1, -0.05) is 23.2 Å². The van der Waals surface area contributed by atoms with Crippen LogP contribution in [0.3, 0.4) is 0 Å². The Labute approximate surface area is 119 Å². The number of thioether (sulfide) groups is 2. The average molecular weight is 308 g/mol. The van der Waals surface area contributed by atoms with E-state index in [2.05, 4.69) is 5.32 Å². The van der Waals surface area contributed by atoms with Gasteiger partial charge in [-0.3, -0.25) is 4.79 Å². The summed E-state index contributed by atoms with van der Waals surface area (Å²) in [6, 6.07) is 5.07. The molecule has 0 saturated carbocycles. The first-order valence-corrected chi connectivity index (χ1v) is 8.08. The average Bonchev–Trinajstić information content (AvgIpc) is 2.34. The van der Waals surface area contributed by atoms with Gasteiger partial charge in [-0.05, 0) is 18.2 Å². The van der Waals surface area contributed by atoms with E-state index in [0.717, 1.165) is 17.3 Å². The molecule has 2 rings (SSSR count). The molecule has 1 atom stereocenters. The molecule has 0 aromatic heterocycles. The quantitative estimate of drug-likeness (QED) is 0.901. The molecule has 1 unspecified atom stereocenters. The second-order valence-corrected chi connectivity index (χ2v) is 6.85. The van der Waals surface area contributed by atoms with Crippen molar-refractivity contribution in [1.82, 2.24) is 0 Å².